The third-order valence-corrected chi connectivity index (χ3v) is 7.14. The molecule has 1 heterocycles. The van der Waals surface area contributed by atoms with Crippen LogP contribution in [-0.4, -0.2) is 52.2 Å². The third kappa shape index (κ3) is 6.17. The van der Waals surface area contributed by atoms with Gasteiger partial charge in [-0.25, -0.2) is 12.7 Å². The Balaban J connectivity index is 1.91. The molecule has 33 heavy (non-hydrogen) atoms. The molecule has 1 N–H and O–H groups in total. The number of piperidine rings is 1. The molecule has 0 atom stereocenters. The van der Waals surface area contributed by atoms with Gasteiger partial charge in [-0.3, -0.25) is 4.79 Å². The second kappa shape index (κ2) is 10.0. The highest BCUT2D eigenvalue weighted by atomic mass is 32.2. The summed E-state index contributed by atoms with van der Waals surface area (Å²) in [5, 5.41) is 2.61. The van der Waals surface area contributed by atoms with Gasteiger partial charge in [-0.2, -0.15) is 0 Å². The van der Waals surface area contributed by atoms with Gasteiger partial charge in [0, 0.05) is 45.0 Å². The Morgan fingerprint density at radius 2 is 1.76 bits per heavy atom. The molecule has 1 saturated heterocycles. The molecule has 1 amide bonds. The van der Waals surface area contributed by atoms with E-state index in [4.69, 9.17) is 0 Å². The maximum absolute atomic E-state index is 13.1. The van der Waals surface area contributed by atoms with E-state index < -0.39 is 28.0 Å². The zero-order valence-electron chi connectivity index (χ0n) is 18.4. The predicted molar refractivity (Wildman–Crippen MR) is 118 cm³/mol. The van der Waals surface area contributed by atoms with Crippen molar-refractivity contribution in [3.05, 3.63) is 53.6 Å². The molecule has 0 aliphatic carbocycles. The van der Waals surface area contributed by atoms with Crippen LogP contribution < -0.4 is 15.0 Å². The van der Waals surface area contributed by atoms with Gasteiger partial charge in [-0.05, 0) is 43.5 Å². The lowest BCUT2D eigenvalue weighted by Crippen LogP contribution is -2.33. The minimum absolute atomic E-state index is 0.0424. The van der Waals surface area contributed by atoms with Crippen LogP contribution in [0.1, 0.15) is 35.2 Å². The van der Waals surface area contributed by atoms with E-state index in [1.54, 1.807) is 6.07 Å². The van der Waals surface area contributed by atoms with E-state index in [0.717, 1.165) is 36.7 Å². The summed E-state index contributed by atoms with van der Waals surface area (Å²) in [5.41, 5.74) is 0.874. The molecule has 0 saturated carbocycles. The van der Waals surface area contributed by atoms with Crippen LogP contribution in [0.3, 0.4) is 0 Å². The fraction of sp³-hybridized carbons (Fsp3) is 0.409. The van der Waals surface area contributed by atoms with Crippen molar-refractivity contribution >= 4 is 21.6 Å². The quantitative estimate of drug-likeness (QED) is 0.646. The first kappa shape index (κ1) is 24.8. The lowest BCUT2D eigenvalue weighted by molar-refractivity contribution is -0.274. The zero-order chi connectivity index (χ0) is 24.2. The summed E-state index contributed by atoms with van der Waals surface area (Å²) in [7, 11) is -0.997. The number of amides is 1. The molecule has 180 valence electrons. The van der Waals surface area contributed by atoms with E-state index in [1.807, 2.05) is 4.90 Å². The van der Waals surface area contributed by atoms with Crippen molar-refractivity contribution in [2.45, 2.75) is 37.1 Å². The smallest absolute Gasteiger partial charge is 0.405 e. The van der Waals surface area contributed by atoms with Crippen molar-refractivity contribution in [3.8, 4) is 5.75 Å². The van der Waals surface area contributed by atoms with Crippen LogP contribution in [-0.2, 0) is 16.6 Å². The van der Waals surface area contributed by atoms with Crippen LogP contribution in [0.25, 0.3) is 0 Å². The van der Waals surface area contributed by atoms with Gasteiger partial charge >= 0.3 is 6.36 Å². The number of carbonyl (C=O) groups is 1. The Morgan fingerprint density at radius 3 is 2.39 bits per heavy atom. The van der Waals surface area contributed by atoms with E-state index >= 15 is 0 Å². The number of rotatable bonds is 7. The van der Waals surface area contributed by atoms with Crippen LogP contribution in [0.15, 0.2) is 47.4 Å². The zero-order valence-corrected chi connectivity index (χ0v) is 19.2. The first-order valence-corrected chi connectivity index (χ1v) is 11.9. The number of nitrogens with one attached hydrogen (secondary N) is 1. The van der Waals surface area contributed by atoms with Crippen molar-refractivity contribution in [2.24, 2.45) is 0 Å². The number of alkyl halides is 3. The maximum Gasteiger partial charge on any atom is 0.573 e. The average molecular weight is 486 g/mol. The standard InChI is InChI=1S/C22H26F3N3O4S/c1-27(2)33(30,31)17-10-11-19(28-12-6-3-7-13-28)18(14-17)21(29)26-15-16-8-4-5-9-20(16)32-22(23,24)25/h4-5,8-11,14H,3,6-7,12-13,15H2,1-2H3,(H,26,29). The van der Waals surface area contributed by atoms with Gasteiger partial charge in [0.15, 0.2) is 0 Å². The summed E-state index contributed by atoms with van der Waals surface area (Å²) in [6, 6.07) is 9.90. The molecular formula is C22H26F3N3O4S. The normalized spacial score (nSPS) is 14.9. The van der Waals surface area contributed by atoms with Crippen LogP contribution in [0.2, 0.25) is 0 Å². The third-order valence-electron chi connectivity index (χ3n) is 5.33. The summed E-state index contributed by atoms with van der Waals surface area (Å²) in [6.45, 7) is 1.22. The van der Waals surface area contributed by atoms with Crippen molar-refractivity contribution in [1.29, 1.82) is 0 Å². The predicted octanol–water partition coefficient (Wildman–Crippen LogP) is 3.76. The Bertz CT molecular complexity index is 1100. The van der Waals surface area contributed by atoms with Crippen molar-refractivity contribution in [3.63, 3.8) is 0 Å². The van der Waals surface area contributed by atoms with Gasteiger partial charge in [-0.15, -0.1) is 13.2 Å². The molecule has 1 aliphatic heterocycles. The molecule has 7 nitrogen and oxygen atoms in total. The highest BCUT2D eigenvalue weighted by molar-refractivity contribution is 7.89. The van der Waals surface area contributed by atoms with E-state index in [0.29, 0.717) is 5.69 Å². The largest absolute Gasteiger partial charge is 0.573 e. The van der Waals surface area contributed by atoms with E-state index in [2.05, 4.69) is 10.1 Å². The molecule has 11 heteroatoms. The van der Waals surface area contributed by atoms with Gasteiger partial charge in [0.25, 0.3) is 5.91 Å². The highest BCUT2D eigenvalue weighted by Gasteiger charge is 2.32. The average Bonchev–Trinajstić information content (AvgIpc) is 2.77. The van der Waals surface area contributed by atoms with Gasteiger partial charge in [0.05, 0.1) is 10.5 Å². The molecule has 0 radical (unpaired) electrons. The summed E-state index contributed by atoms with van der Waals surface area (Å²) in [6.07, 6.45) is -1.90. The minimum atomic E-state index is -4.86. The maximum atomic E-state index is 13.1. The molecule has 0 unspecified atom stereocenters. The highest BCUT2D eigenvalue weighted by Crippen LogP contribution is 2.29. The monoisotopic (exact) mass is 485 g/mol. The molecule has 2 aromatic rings. The molecule has 3 rings (SSSR count). The van der Waals surface area contributed by atoms with E-state index in [9.17, 15) is 26.4 Å². The summed E-state index contributed by atoms with van der Waals surface area (Å²) in [4.78, 5) is 15.1. The van der Waals surface area contributed by atoms with Crippen molar-refractivity contribution in [1.82, 2.24) is 9.62 Å². The number of carbonyl (C=O) groups excluding carboxylic acids is 1. The van der Waals surface area contributed by atoms with E-state index in [1.165, 1.54) is 50.5 Å². The van der Waals surface area contributed by atoms with E-state index in [-0.39, 0.29) is 22.6 Å². The molecular weight excluding hydrogens is 459 g/mol. The molecule has 0 spiro atoms. The molecule has 0 aromatic heterocycles. The summed E-state index contributed by atoms with van der Waals surface area (Å²) in [5.74, 6) is -1.00. The number of anilines is 1. The molecule has 1 fully saturated rings. The number of hydrogen-bond donors (Lipinski definition) is 1. The second-order valence-corrected chi connectivity index (χ2v) is 10.0. The summed E-state index contributed by atoms with van der Waals surface area (Å²) >= 11 is 0. The fourth-order valence-corrected chi connectivity index (χ4v) is 4.55. The number of ether oxygens (including phenoxy) is 1. The number of sulfonamides is 1. The second-order valence-electron chi connectivity index (χ2n) is 7.85. The van der Waals surface area contributed by atoms with Gasteiger partial charge in [0.1, 0.15) is 5.75 Å². The number of nitrogens with zero attached hydrogens (tertiary/aromatic N) is 2. The Morgan fingerprint density at radius 1 is 1.09 bits per heavy atom. The van der Waals surface area contributed by atoms with Crippen LogP contribution in [0, 0.1) is 0 Å². The number of halogens is 3. The summed E-state index contributed by atoms with van der Waals surface area (Å²) < 4.78 is 68.4. The van der Waals surface area contributed by atoms with Gasteiger partial charge < -0.3 is 15.0 Å². The van der Waals surface area contributed by atoms with Crippen molar-refractivity contribution < 1.29 is 31.1 Å². The number of benzene rings is 2. The van der Waals surface area contributed by atoms with Crippen LogP contribution in [0.5, 0.6) is 5.75 Å². The minimum Gasteiger partial charge on any atom is -0.405 e. The Hall–Kier alpha value is -2.79. The SMILES string of the molecule is CN(C)S(=O)(=O)c1ccc(N2CCCCC2)c(C(=O)NCc2ccccc2OC(F)(F)F)c1. The lowest BCUT2D eigenvalue weighted by Gasteiger charge is -2.30. The van der Waals surface area contributed by atoms with Gasteiger partial charge in [-0.1, -0.05) is 18.2 Å². The Labute approximate surface area is 191 Å². The Kier molecular flexibility index (Phi) is 7.53. The number of para-hydroxylation sites is 1. The lowest BCUT2D eigenvalue weighted by atomic mass is 10.1. The first-order valence-electron chi connectivity index (χ1n) is 10.4. The fourth-order valence-electron chi connectivity index (χ4n) is 3.62. The molecule has 0 bridgehead atoms. The first-order chi connectivity index (χ1) is 15.5. The van der Waals surface area contributed by atoms with Crippen LogP contribution in [0.4, 0.5) is 18.9 Å². The topological polar surface area (TPSA) is 79.0 Å². The van der Waals surface area contributed by atoms with Crippen LogP contribution >= 0.6 is 0 Å². The number of hydrogen-bond acceptors (Lipinski definition) is 5. The molecule has 2 aromatic carbocycles. The molecule has 1 aliphatic rings. The van der Waals surface area contributed by atoms with Crippen molar-refractivity contribution in [2.75, 3.05) is 32.1 Å². The van der Waals surface area contributed by atoms with Gasteiger partial charge in [0.2, 0.25) is 10.0 Å².